The molecular formula is C24H17N3O3. The zero-order valence-electron chi connectivity index (χ0n) is 15.9. The number of aldehydes is 3. The molecule has 146 valence electrons. The molecule has 0 fully saturated rings. The number of hydrogen-bond acceptors (Lipinski definition) is 6. The molecule has 3 aromatic rings. The minimum absolute atomic E-state index is 0.574. The van der Waals surface area contributed by atoms with Crippen LogP contribution in [-0.4, -0.2) is 24.6 Å². The number of hydrogen-bond donors (Lipinski definition) is 1. The van der Waals surface area contributed by atoms with Gasteiger partial charge in [0.25, 0.3) is 0 Å². The molecular weight excluding hydrogens is 378 g/mol. The van der Waals surface area contributed by atoms with Gasteiger partial charge in [0.15, 0.2) is 0 Å². The van der Waals surface area contributed by atoms with Crippen LogP contribution in [0.1, 0.15) is 42.2 Å². The molecule has 6 nitrogen and oxygen atoms in total. The van der Waals surface area contributed by atoms with Gasteiger partial charge in [-0.05, 0) is 35.9 Å². The third-order valence-corrected chi connectivity index (χ3v) is 4.69. The predicted molar refractivity (Wildman–Crippen MR) is 116 cm³/mol. The van der Waals surface area contributed by atoms with Crippen LogP contribution >= 0.6 is 0 Å². The fraction of sp³-hybridized carbons (Fsp3) is 0. The lowest BCUT2D eigenvalue weighted by Gasteiger charge is -2.28. The molecule has 0 bridgehead atoms. The molecule has 4 rings (SSSR count). The van der Waals surface area contributed by atoms with E-state index >= 15 is 0 Å². The van der Waals surface area contributed by atoms with E-state index < -0.39 is 0 Å². The molecule has 0 saturated carbocycles. The minimum Gasteiger partial charge on any atom is -0.298 e. The van der Waals surface area contributed by atoms with E-state index in [0.717, 1.165) is 41.4 Å². The van der Waals surface area contributed by atoms with Crippen molar-refractivity contribution in [2.75, 3.05) is 5.12 Å². The van der Waals surface area contributed by atoms with Gasteiger partial charge in [0.2, 0.25) is 0 Å². The Bertz CT molecular complexity index is 1150. The van der Waals surface area contributed by atoms with E-state index in [-0.39, 0.29) is 0 Å². The first-order chi connectivity index (χ1) is 14.7. The molecule has 0 aliphatic carbocycles. The number of benzene rings is 3. The number of rotatable bonds is 6. The molecule has 1 heterocycles. The van der Waals surface area contributed by atoms with Crippen LogP contribution in [-0.2, 0) is 0 Å². The molecule has 0 atom stereocenters. The van der Waals surface area contributed by atoms with E-state index in [1.54, 1.807) is 53.6 Å². The zero-order valence-corrected chi connectivity index (χ0v) is 15.9. The summed E-state index contributed by atoms with van der Waals surface area (Å²) in [6, 6.07) is 21.4. The second-order valence-corrected chi connectivity index (χ2v) is 6.66. The lowest BCUT2D eigenvalue weighted by Crippen LogP contribution is -2.36. The summed E-state index contributed by atoms with van der Waals surface area (Å²) >= 11 is 0. The van der Waals surface area contributed by atoms with Gasteiger partial charge < -0.3 is 0 Å². The van der Waals surface area contributed by atoms with E-state index in [2.05, 4.69) is 10.5 Å². The van der Waals surface area contributed by atoms with E-state index in [9.17, 15) is 14.4 Å². The SMILES string of the molecule is O=Cc1ccc(C2=CC(c3ccc(C=O)cc3)=NN(c3ccc(C=O)cc3)N2)cc1. The Hall–Kier alpha value is -4.32. The predicted octanol–water partition coefficient (Wildman–Crippen LogP) is 3.89. The highest BCUT2D eigenvalue weighted by Gasteiger charge is 2.17. The molecule has 30 heavy (non-hydrogen) atoms. The summed E-state index contributed by atoms with van der Waals surface area (Å²) in [6.45, 7) is 0. The monoisotopic (exact) mass is 395 g/mol. The van der Waals surface area contributed by atoms with E-state index in [1.807, 2.05) is 30.3 Å². The third kappa shape index (κ3) is 3.93. The third-order valence-electron chi connectivity index (χ3n) is 4.69. The highest BCUT2D eigenvalue weighted by Crippen LogP contribution is 2.23. The number of nitrogens with zero attached hydrogens (tertiary/aromatic N) is 2. The Balaban J connectivity index is 1.75. The molecule has 0 spiro atoms. The Labute approximate surface area is 173 Å². The Morgan fingerprint density at radius 1 is 0.633 bits per heavy atom. The van der Waals surface area contributed by atoms with Crippen molar-refractivity contribution in [1.29, 1.82) is 0 Å². The van der Waals surface area contributed by atoms with Gasteiger partial charge >= 0.3 is 0 Å². The van der Waals surface area contributed by atoms with Crippen molar-refractivity contribution in [3.63, 3.8) is 0 Å². The average molecular weight is 395 g/mol. The van der Waals surface area contributed by atoms with Gasteiger partial charge in [0.05, 0.1) is 17.1 Å². The fourth-order valence-electron chi connectivity index (χ4n) is 3.02. The summed E-state index contributed by atoms with van der Waals surface area (Å²) < 4.78 is 0. The number of allylic oxidation sites excluding steroid dienone is 1. The Kier molecular flexibility index (Phi) is 5.30. The van der Waals surface area contributed by atoms with Gasteiger partial charge in [-0.25, -0.2) is 0 Å². The summed E-state index contributed by atoms with van der Waals surface area (Å²) in [5.74, 6) is 0. The molecule has 6 heteroatoms. The van der Waals surface area contributed by atoms with Gasteiger partial charge in [-0.15, -0.1) is 0 Å². The number of carbonyl (C=O) groups excluding carboxylic acids is 3. The van der Waals surface area contributed by atoms with Crippen molar-refractivity contribution in [3.05, 3.63) is 107 Å². The molecule has 3 aromatic carbocycles. The first kappa shape index (κ1) is 19.0. The Morgan fingerprint density at radius 3 is 1.60 bits per heavy atom. The van der Waals surface area contributed by atoms with Gasteiger partial charge in [0, 0.05) is 22.3 Å². The van der Waals surface area contributed by atoms with Crippen molar-refractivity contribution in [3.8, 4) is 0 Å². The second kappa shape index (κ2) is 8.36. The van der Waals surface area contributed by atoms with Crippen molar-refractivity contribution < 1.29 is 14.4 Å². The smallest absolute Gasteiger partial charge is 0.150 e. The van der Waals surface area contributed by atoms with E-state index in [1.165, 1.54) is 0 Å². The summed E-state index contributed by atoms with van der Waals surface area (Å²) in [5.41, 5.74) is 8.97. The van der Waals surface area contributed by atoms with Crippen molar-refractivity contribution in [1.82, 2.24) is 5.43 Å². The maximum atomic E-state index is 11.0. The molecule has 1 aliphatic heterocycles. The van der Waals surface area contributed by atoms with Crippen LogP contribution in [0.3, 0.4) is 0 Å². The lowest BCUT2D eigenvalue weighted by molar-refractivity contribution is 0.111. The normalized spacial score (nSPS) is 13.0. The molecule has 0 amide bonds. The zero-order chi connectivity index (χ0) is 20.9. The highest BCUT2D eigenvalue weighted by atomic mass is 16.1. The Morgan fingerprint density at radius 2 is 1.10 bits per heavy atom. The molecule has 0 aromatic heterocycles. The maximum absolute atomic E-state index is 11.0. The second-order valence-electron chi connectivity index (χ2n) is 6.66. The standard InChI is InChI=1S/C24H17N3O3/c28-14-17-1-7-20(8-2-17)23-13-24(21-9-3-18(15-29)4-10-21)26-27(25-23)22-11-5-19(16-30)6-12-22/h1-16,25H. The van der Waals surface area contributed by atoms with Crippen LogP contribution in [0.5, 0.6) is 0 Å². The first-order valence-electron chi connectivity index (χ1n) is 9.24. The molecule has 1 aliphatic rings. The van der Waals surface area contributed by atoms with Crippen LogP contribution in [0.2, 0.25) is 0 Å². The van der Waals surface area contributed by atoms with Crippen molar-refractivity contribution >= 4 is 36.0 Å². The van der Waals surface area contributed by atoms with Crippen LogP contribution in [0, 0.1) is 0 Å². The summed E-state index contributed by atoms with van der Waals surface area (Å²) in [6.07, 6.45) is 4.29. The lowest BCUT2D eigenvalue weighted by atomic mass is 10.0. The topological polar surface area (TPSA) is 78.8 Å². The quantitative estimate of drug-likeness (QED) is 0.641. The number of carbonyl (C=O) groups is 3. The van der Waals surface area contributed by atoms with E-state index in [0.29, 0.717) is 22.4 Å². The number of nitrogens with one attached hydrogen (secondary N) is 1. The molecule has 1 N–H and O–H groups in total. The maximum Gasteiger partial charge on any atom is 0.150 e. The minimum atomic E-state index is 0.574. The number of hydrazine groups is 1. The van der Waals surface area contributed by atoms with Crippen molar-refractivity contribution in [2.24, 2.45) is 5.10 Å². The average Bonchev–Trinajstić information content (AvgIpc) is 2.84. The van der Waals surface area contributed by atoms with Crippen LogP contribution < -0.4 is 10.5 Å². The van der Waals surface area contributed by atoms with Crippen LogP contribution in [0.4, 0.5) is 5.69 Å². The highest BCUT2D eigenvalue weighted by molar-refractivity contribution is 6.13. The van der Waals surface area contributed by atoms with Crippen LogP contribution in [0.15, 0.2) is 84.0 Å². The molecule has 0 saturated heterocycles. The van der Waals surface area contributed by atoms with Gasteiger partial charge in [0.1, 0.15) is 18.9 Å². The van der Waals surface area contributed by atoms with Crippen LogP contribution in [0.25, 0.3) is 5.70 Å². The summed E-state index contributed by atoms with van der Waals surface area (Å²) in [7, 11) is 0. The van der Waals surface area contributed by atoms with Gasteiger partial charge in [-0.2, -0.15) is 10.2 Å². The van der Waals surface area contributed by atoms with Gasteiger partial charge in [-0.1, -0.05) is 48.5 Å². The number of hydrazone groups is 1. The first-order valence-corrected chi connectivity index (χ1v) is 9.24. The van der Waals surface area contributed by atoms with Crippen molar-refractivity contribution in [2.45, 2.75) is 0 Å². The fourth-order valence-corrected chi connectivity index (χ4v) is 3.02. The number of anilines is 1. The summed E-state index contributed by atoms with van der Waals surface area (Å²) in [4.78, 5) is 32.9. The largest absolute Gasteiger partial charge is 0.298 e. The van der Waals surface area contributed by atoms with Gasteiger partial charge in [-0.3, -0.25) is 19.8 Å². The summed E-state index contributed by atoms with van der Waals surface area (Å²) in [5, 5.41) is 6.30. The molecule has 0 unspecified atom stereocenters. The van der Waals surface area contributed by atoms with E-state index in [4.69, 9.17) is 0 Å². The molecule has 0 radical (unpaired) electrons.